The Labute approximate surface area is 111 Å². The molecule has 1 N–H and O–H groups in total. The van der Waals surface area contributed by atoms with Gasteiger partial charge in [-0.25, -0.2) is 0 Å². The van der Waals surface area contributed by atoms with Crippen LogP contribution in [0.4, 0.5) is 11.4 Å². The largest absolute Gasteiger partial charge is 0.379 e. The van der Waals surface area contributed by atoms with E-state index in [9.17, 15) is 10.1 Å². The average Bonchev–Trinajstić information content (AvgIpc) is 2.36. The van der Waals surface area contributed by atoms with E-state index in [1.165, 1.54) is 17.7 Å². The molecular formula is C14H15N3O2. The smallest absolute Gasteiger partial charge is 0.269 e. The molecule has 0 amide bonds. The second-order valence-electron chi connectivity index (χ2n) is 4.43. The first-order chi connectivity index (χ1) is 9.04. The van der Waals surface area contributed by atoms with Gasteiger partial charge in [-0.3, -0.25) is 15.1 Å². The number of hydrogen-bond donors (Lipinski definition) is 1. The molecule has 1 aromatic carbocycles. The highest BCUT2D eigenvalue weighted by molar-refractivity contribution is 5.48. The van der Waals surface area contributed by atoms with Crippen LogP contribution in [0.2, 0.25) is 0 Å². The number of hydrogen-bond acceptors (Lipinski definition) is 4. The first kappa shape index (κ1) is 13.0. The Morgan fingerprint density at radius 3 is 2.47 bits per heavy atom. The molecule has 2 rings (SSSR count). The lowest BCUT2D eigenvalue weighted by Crippen LogP contribution is -2.03. The fourth-order valence-electron chi connectivity index (χ4n) is 1.91. The third-order valence-corrected chi connectivity index (χ3v) is 2.70. The average molecular weight is 257 g/mol. The fourth-order valence-corrected chi connectivity index (χ4v) is 1.91. The second kappa shape index (κ2) is 5.48. The molecule has 0 aliphatic carbocycles. The first-order valence-electron chi connectivity index (χ1n) is 5.97. The number of nitrogens with zero attached hydrogens (tertiary/aromatic N) is 2. The van der Waals surface area contributed by atoms with E-state index in [0.29, 0.717) is 6.54 Å². The van der Waals surface area contributed by atoms with Gasteiger partial charge in [-0.15, -0.1) is 0 Å². The van der Waals surface area contributed by atoms with Crippen molar-refractivity contribution in [2.24, 2.45) is 0 Å². The number of pyridine rings is 1. The molecule has 0 unspecified atom stereocenters. The zero-order valence-electron chi connectivity index (χ0n) is 10.9. The van der Waals surface area contributed by atoms with Crippen LogP contribution in [0, 0.1) is 24.0 Å². The zero-order chi connectivity index (χ0) is 13.8. The van der Waals surface area contributed by atoms with Crippen LogP contribution in [-0.4, -0.2) is 9.91 Å². The van der Waals surface area contributed by atoms with Crippen molar-refractivity contribution >= 4 is 11.4 Å². The molecule has 0 bridgehead atoms. The standard InChI is InChI=1S/C14H15N3O2/c1-10-7-11(2)16-13(8-10)9-15-12-3-5-14(6-4-12)17(18)19/h3-8,15H,9H2,1-2H3. The van der Waals surface area contributed by atoms with Gasteiger partial charge in [0, 0.05) is 23.5 Å². The van der Waals surface area contributed by atoms with Crippen LogP contribution in [-0.2, 0) is 6.54 Å². The van der Waals surface area contributed by atoms with Gasteiger partial charge in [0.05, 0.1) is 17.2 Å². The molecular weight excluding hydrogens is 242 g/mol. The van der Waals surface area contributed by atoms with Gasteiger partial charge >= 0.3 is 0 Å². The summed E-state index contributed by atoms with van der Waals surface area (Å²) in [5.74, 6) is 0. The van der Waals surface area contributed by atoms with Crippen LogP contribution in [0.1, 0.15) is 17.0 Å². The summed E-state index contributed by atoms with van der Waals surface area (Å²) in [6.07, 6.45) is 0. The van der Waals surface area contributed by atoms with Crippen molar-refractivity contribution in [2.75, 3.05) is 5.32 Å². The van der Waals surface area contributed by atoms with Crippen LogP contribution >= 0.6 is 0 Å². The molecule has 0 spiro atoms. The minimum Gasteiger partial charge on any atom is -0.379 e. The summed E-state index contributed by atoms with van der Waals surface area (Å²) < 4.78 is 0. The lowest BCUT2D eigenvalue weighted by molar-refractivity contribution is -0.384. The van der Waals surface area contributed by atoms with Crippen molar-refractivity contribution in [3.63, 3.8) is 0 Å². The van der Waals surface area contributed by atoms with Crippen LogP contribution in [0.5, 0.6) is 0 Å². The number of nitrogens with one attached hydrogen (secondary N) is 1. The number of non-ortho nitro benzene ring substituents is 1. The highest BCUT2D eigenvalue weighted by Gasteiger charge is 2.04. The van der Waals surface area contributed by atoms with Gasteiger partial charge in [-0.05, 0) is 43.7 Å². The minimum absolute atomic E-state index is 0.0927. The van der Waals surface area contributed by atoms with Crippen molar-refractivity contribution in [2.45, 2.75) is 20.4 Å². The molecule has 0 atom stereocenters. The molecule has 5 nitrogen and oxygen atoms in total. The predicted octanol–water partition coefficient (Wildman–Crippen LogP) is 3.22. The quantitative estimate of drug-likeness (QED) is 0.674. The van der Waals surface area contributed by atoms with E-state index < -0.39 is 4.92 Å². The number of nitro groups is 1. The van der Waals surface area contributed by atoms with Crippen LogP contribution in [0.3, 0.4) is 0 Å². The lowest BCUT2D eigenvalue weighted by atomic mass is 10.2. The Balaban J connectivity index is 2.03. The summed E-state index contributed by atoms with van der Waals surface area (Å²) in [4.78, 5) is 14.6. The predicted molar refractivity (Wildman–Crippen MR) is 74.1 cm³/mol. The monoisotopic (exact) mass is 257 g/mol. The number of anilines is 1. The molecule has 5 heteroatoms. The summed E-state index contributed by atoms with van der Waals surface area (Å²) in [6, 6.07) is 10.4. The molecule has 0 saturated heterocycles. The van der Waals surface area contributed by atoms with E-state index in [4.69, 9.17) is 0 Å². The molecule has 1 heterocycles. The molecule has 0 aliphatic rings. The van der Waals surface area contributed by atoms with E-state index in [-0.39, 0.29) is 5.69 Å². The third kappa shape index (κ3) is 3.51. The summed E-state index contributed by atoms with van der Waals surface area (Å²) in [6.45, 7) is 4.59. The molecule has 2 aromatic rings. The Bertz CT molecular complexity index is 574. The second-order valence-corrected chi connectivity index (χ2v) is 4.43. The summed E-state index contributed by atoms with van der Waals surface area (Å²) in [7, 11) is 0. The van der Waals surface area contributed by atoms with Gasteiger partial charge in [0.1, 0.15) is 0 Å². The van der Waals surface area contributed by atoms with Crippen molar-refractivity contribution in [1.29, 1.82) is 0 Å². The molecule has 19 heavy (non-hydrogen) atoms. The van der Waals surface area contributed by atoms with Crippen molar-refractivity contribution < 1.29 is 4.92 Å². The van der Waals surface area contributed by atoms with E-state index in [2.05, 4.69) is 10.3 Å². The number of nitro benzene ring substituents is 1. The molecule has 0 radical (unpaired) electrons. The lowest BCUT2D eigenvalue weighted by Gasteiger charge is -2.07. The van der Waals surface area contributed by atoms with Crippen LogP contribution in [0.25, 0.3) is 0 Å². The summed E-state index contributed by atoms with van der Waals surface area (Å²) >= 11 is 0. The maximum absolute atomic E-state index is 10.5. The van der Waals surface area contributed by atoms with Gasteiger partial charge in [-0.2, -0.15) is 0 Å². The Hall–Kier alpha value is -2.43. The van der Waals surface area contributed by atoms with E-state index in [0.717, 1.165) is 17.1 Å². The minimum atomic E-state index is -0.407. The van der Waals surface area contributed by atoms with Crippen LogP contribution in [0.15, 0.2) is 36.4 Å². The maximum Gasteiger partial charge on any atom is 0.269 e. The van der Waals surface area contributed by atoms with Gasteiger partial charge in [0.25, 0.3) is 5.69 Å². The van der Waals surface area contributed by atoms with Crippen molar-refractivity contribution in [3.8, 4) is 0 Å². The molecule has 1 aromatic heterocycles. The molecule has 98 valence electrons. The van der Waals surface area contributed by atoms with E-state index in [1.54, 1.807) is 12.1 Å². The topological polar surface area (TPSA) is 68.1 Å². The van der Waals surface area contributed by atoms with Crippen molar-refractivity contribution in [1.82, 2.24) is 4.98 Å². The first-order valence-corrected chi connectivity index (χ1v) is 5.97. The highest BCUT2D eigenvalue weighted by atomic mass is 16.6. The zero-order valence-corrected chi connectivity index (χ0v) is 10.9. The molecule has 0 aliphatic heterocycles. The third-order valence-electron chi connectivity index (χ3n) is 2.70. The Morgan fingerprint density at radius 1 is 1.21 bits per heavy atom. The highest BCUT2D eigenvalue weighted by Crippen LogP contribution is 2.16. The fraction of sp³-hybridized carbons (Fsp3) is 0.214. The number of aryl methyl sites for hydroxylation is 2. The molecule has 0 saturated carbocycles. The Kier molecular flexibility index (Phi) is 3.75. The SMILES string of the molecule is Cc1cc(C)nc(CNc2ccc([N+](=O)[O-])cc2)c1. The van der Waals surface area contributed by atoms with Gasteiger partial charge in [0.15, 0.2) is 0 Å². The molecule has 0 fully saturated rings. The number of rotatable bonds is 4. The summed E-state index contributed by atoms with van der Waals surface area (Å²) in [5, 5.41) is 13.7. The van der Waals surface area contributed by atoms with Crippen LogP contribution < -0.4 is 5.32 Å². The van der Waals surface area contributed by atoms with Gasteiger partial charge in [-0.1, -0.05) is 0 Å². The van der Waals surface area contributed by atoms with Gasteiger partial charge < -0.3 is 5.32 Å². The normalized spacial score (nSPS) is 10.2. The van der Waals surface area contributed by atoms with E-state index in [1.807, 2.05) is 26.0 Å². The van der Waals surface area contributed by atoms with Crippen molar-refractivity contribution in [3.05, 3.63) is 63.5 Å². The van der Waals surface area contributed by atoms with Gasteiger partial charge in [0.2, 0.25) is 0 Å². The number of aromatic nitrogens is 1. The number of benzene rings is 1. The van der Waals surface area contributed by atoms with E-state index >= 15 is 0 Å². The summed E-state index contributed by atoms with van der Waals surface area (Å²) in [5.41, 5.74) is 4.05. The Morgan fingerprint density at radius 2 is 1.89 bits per heavy atom. The maximum atomic E-state index is 10.5.